The van der Waals surface area contributed by atoms with Crippen LogP contribution in [0, 0.1) is 5.82 Å². The van der Waals surface area contributed by atoms with Crippen LogP contribution in [0.25, 0.3) is 11.1 Å². The lowest BCUT2D eigenvalue weighted by Gasteiger charge is -2.19. The van der Waals surface area contributed by atoms with Crippen LogP contribution in [0.3, 0.4) is 0 Å². The number of oxazole rings is 1. The molecule has 0 saturated carbocycles. The summed E-state index contributed by atoms with van der Waals surface area (Å²) in [5, 5.41) is 12.0. The Kier molecular flexibility index (Phi) is 8.47. The molecule has 0 saturated heterocycles. The van der Waals surface area contributed by atoms with Crippen LogP contribution in [0.1, 0.15) is 52.5 Å². The molecule has 0 spiro atoms. The summed E-state index contributed by atoms with van der Waals surface area (Å²) < 4.78 is 22.9. The molecular weight excluding hydrogens is 341 g/mol. The number of aliphatic hydroxyl groups excluding tert-OH is 1. The van der Waals surface area contributed by atoms with E-state index in [2.05, 4.69) is 17.2 Å². The number of hydrogen-bond donors (Lipinski definition) is 3. The first-order valence-electron chi connectivity index (χ1n) is 8.57. The molecule has 1 unspecified atom stereocenters. The molecule has 1 atom stereocenters. The van der Waals surface area contributed by atoms with Gasteiger partial charge in [-0.25, -0.2) is 14.2 Å². The van der Waals surface area contributed by atoms with Crippen molar-refractivity contribution < 1.29 is 23.4 Å². The largest absolute Gasteiger partial charge is 0.444 e. The van der Waals surface area contributed by atoms with Gasteiger partial charge < -0.3 is 25.3 Å². The van der Waals surface area contributed by atoms with Crippen molar-refractivity contribution in [2.45, 2.75) is 52.2 Å². The van der Waals surface area contributed by atoms with Gasteiger partial charge >= 0.3 is 6.09 Å². The van der Waals surface area contributed by atoms with Crippen molar-refractivity contribution in [1.82, 2.24) is 10.3 Å². The fourth-order valence-corrected chi connectivity index (χ4v) is 1.84. The predicted octanol–water partition coefficient (Wildman–Crippen LogP) is 3.27. The molecule has 0 aliphatic carbocycles. The highest BCUT2D eigenvalue weighted by Gasteiger charge is 2.15. The molecule has 1 amide bonds. The normalized spacial score (nSPS) is 12.3. The van der Waals surface area contributed by atoms with Crippen molar-refractivity contribution in [2.75, 3.05) is 13.1 Å². The van der Waals surface area contributed by atoms with E-state index >= 15 is 0 Å². The van der Waals surface area contributed by atoms with Crippen LogP contribution >= 0.6 is 0 Å². The number of benzene rings is 1. The highest BCUT2D eigenvalue weighted by molar-refractivity contribution is 5.72. The summed E-state index contributed by atoms with van der Waals surface area (Å²) in [5.74, 6) is -0.282. The quantitative estimate of drug-likeness (QED) is 0.698. The molecule has 2 aromatic rings. The van der Waals surface area contributed by atoms with Crippen LogP contribution in [0.2, 0.25) is 0 Å². The Morgan fingerprint density at radius 1 is 1.46 bits per heavy atom. The van der Waals surface area contributed by atoms with Gasteiger partial charge in [-0.05, 0) is 39.3 Å². The Morgan fingerprint density at radius 3 is 2.73 bits per heavy atom. The van der Waals surface area contributed by atoms with Crippen LogP contribution in [-0.2, 0) is 4.74 Å². The molecule has 26 heavy (non-hydrogen) atoms. The summed E-state index contributed by atoms with van der Waals surface area (Å²) in [6, 6.07) is 3.99. The van der Waals surface area contributed by atoms with Gasteiger partial charge in [0.05, 0.1) is 0 Å². The van der Waals surface area contributed by atoms with Crippen LogP contribution in [0.15, 0.2) is 22.6 Å². The van der Waals surface area contributed by atoms with Gasteiger partial charge in [0, 0.05) is 19.2 Å². The van der Waals surface area contributed by atoms with E-state index in [1.54, 1.807) is 0 Å². The van der Waals surface area contributed by atoms with Crippen molar-refractivity contribution in [3.63, 3.8) is 0 Å². The number of hydrogen-bond acceptors (Lipinski definition) is 6. The van der Waals surface area contributed by atoms with Crippen molar-refractivity contribution in [1.29, 1.82) is 0 Å². The molecule has 1 aromatic carbocycles. The lowest BCUT2D eigenvalue weighted by Crippen LogP contribution is -2.32. The van der Waals surface area contributed by atoms with E-state index in [-0.39, 0.29) is 18.5 Å². The van der Waals surface area contributed by atoms with E-state index in [1.165, 1.54) is 18.2 Å². The van der Waals surface area contributed by atoms with E-state index in [0.717, 1.165) is 12.8 Å². The smallest absolute Gasteiger partial charge is 0.407 e. The third-order valence-corrected chi connectivity index (χ3v) is 3.07. The number of alkyl carbamates (subject to hydrolysis) is 1. The van der Waals surface area contributed by atoms with Gasteiger partial charge in [-0.2, -0.15) is 0 Å². The Balaban J connectivity index is 0.000000265. The van der Waals surface area contributed by atoms with Crippen molar-refractivity contribution in [3.8, 4) is 0 Å². The second kappa shape index (κ2) is 10.1. The minimum Gasteiger partial charge on any atom is -0.444 e. The number of ether oxygens (including phenoxy) is 1. The number of halogens is 1. The molecule has 2 rings (SSSR count). The number of fused-ring (bicyclic) bond motifs is 1. The monoisotopic (exact) mass is 369 g/mol. The number of carbonyl (C=O) groups is 1. The number of amides is 1. The SMILES string of the molecule is CCCCNC(=O)OC(C)(C)C.NCC(O)c1nc2ccc(F)cc2o1. The number of rotatable bonds is 5. The van der Waals surface area contributed by atoms with Gasteiger partial charge in [0.25, 0.3) is 0 Å². The fraction of sp³-hybridized carbons (Fsp3) is 0.556. The summed E-state index contributed by atoms with van der Waals surface area (Å²) in [6.45, 7) is 8.36. The average Bonchev–Trinajstić information content (AvgIpc) is 2.96. The third kappa shape index (κ3) is 7.79. The predicted molar refractivity (Wildman–Crippen MR) is 97.1 cm³/mol. The van der Waals surface area contributed by atoms with Gasteiger partial charge in [0.2, 0.25) is 5.89 Å². The fourth-order valence-electron chi connectivity index (χ4n) is 1.84. The number of unbranched alkanes of at least 4 members (excludes halogenated alkanes) is 1. The average molecular weight is 369 g/mol. The number of nitrogens with zero attached hydrogens (tertiary/aromatic N) is 1. The Morgan fingerprint density at radius 2 is 2.15 bits per heavy atom. The van der Waals surface area contributed by atoms with Crippen molar-refractivity contribution in [2.24, 2.45) is 5.73 Å². The maximum atomic E-state index is 12.8. The van der Waals surface area contributed by atoms with Crippen molar-refractivity contribution in [3.05, 3.63) is 29.9 Å². The number of aromatic nitrogens is 1. The molecule has 7 nitrogen and oxygen atoms in total. The van der Waals surface area contributed by atoms with Gasteiger partial charge in [-0.15, -0.1) is 0 Å². The van der Waals surface area contributed by atoms with E-state index in [1.807, 2.05) is 20.8 Å². The molecule has 8 heteroatoms. The molecule has 1 aromatic heterocycles. The zero-order valence-corrected chi connectivity index (χ0v) is 15.7. The van der Waals surface area contributed by atoms with Gasteiger partial charge in [-0.3, -0.25) is 0 Å². The number of nitrogens with two attached hydrogens (primary N) is 1. The Labute approximate surface area is 152 Å². The highest BCUT2D eigenvalue weighted by Crippen LogP contribution is 2.20. The Bertz CT molecular complexity index is 697. The Hall–Kier alpha value is -2.19. The lowest BCUT2D eigenvalue weighted by atomic mass is 10.2. The summed E-state index contributed by atoms with van der Waals surface area (Å²) in [4.78, 5) is 15.0. The number of carbonyl (C=O) groups excluding carboxylic acids is 1. The molecule has 4 N–H and O–H groups in total. The van der Waals surface area contributed by atoms with Crippen molar-refractivity contribution >= 4 is 17.2 Å². The second-order valence-electron chi connectivity index (χ2n) is 6.70. The van der Waals surface area contributed by atoms with Gasteiger partial charge in [0.15, 0.2) is 5.58 Å². The van der Waals surface area contributed by atoms with Gasteiger partial charge in [0.1, 0.15) is 23.0 Å². The lowest BCUT2D eigenvalue weighted by molar-refractivity contribution is 0.0527. The minimum atomic E-state index is -0.939. The zero-order chi connectivity index (χ0) is 19.7. The zero-order valence-electron chi connectivity index (χ0n) is 15.7. The van der Waals surface area contributed by atoms with E-state index in [0.29, 0.717) is 17.6 Å². The second-order valence-corrected chi connectivity index (χ2v) is 6.70. The molecule has 0 aliphatic rings. The molecule has 0 aliphatic heterocycles. The standard InChI is InChI=1S/C9H9FN2O2.C9H19NO2/c10-5-1-2-6-8(3-5)14-9(12-6)7(13)4-11;1-5-6-7-10-8(11)12-9(2,3)4/h1-3,7,13H,4,11H2;5-7H2,1-4H3,(H,10,11). The topological polar surface area (TPSA) is 111 Å². The number of aliphatic hydroxyl groups is 1. The molecule has 0 fully saturated rings. The summed E-state index contributed by atoms with van der Waals surface area (Å²) >= 11 is 0. The summed E-state index contributed by atoms with van der Waals surface area (Å²) in [6.07, 6.45) is 0.816. The first-order chi connectivity index (χ1) is 12.2. The maximum absolute atomic E-state index is 12.8. The van der Waals surface area contributed by atoms with E-state index < -0.39 is 17.5 Å². The van der Waals surface area contributed by atoms with Gasteiger partial charge in [-0.1, -0.05) is 13.3 Å². The maximum Gasteiger partial charge on any atom is 0.407 e. The van der Waals surface area contributed by atoms with Crippen LogP contribution in [-0.4, -0.2) is 34.9 Å². The molecule has 146 valence electrons. The third-order valence-electron chi connectivity index (χ3n) is 3.07. The summed E-state index contributed by atoms with van der Waals surface area (Å²) in [5.41, 5.74) is 5.66. The first-order valence-corrected chi connectivity index (χ1v) is 8.57. The van der Waals surface area contributed by atoms with Crippen LogP contribution in [0.4, 0.5) is 9.18 Å². The minimum absolute atomic E-state index is 0.0231. The molecule has 1 heterocycles. The van der Waals surface area contributed by atoms with Crippen LogP contribution in [0.5, 0.6) is 0 Å². The molecule has 0 bridgehead atoms. The molecular formula is C18H28FN3O4. The summed E-state index contributed by atoms with van der Waals surface area (Å²) in [7, 11) is 0. The van der Waals surface area contributed by atoms with E-state index in [9.17, 15) is 14.3 Å². The van der Waals surface area contributed by atoms with E-state index in [4.69, 9.17) is 14.9 Å². The highest BCUT2D eigenvalue weighted by atomic mass is 19.1. The molecule has 0 radical (unpaired) electrons. The van der Waals surface area contributed by atoms with Crippen LogP contribution < -0.4 is 11.1 Å². The number of nitrogens with one attached hydrogen (secondary N) is 1. The first kappa shape index (κ1) is 21.9.